The first-order chi connectivity index (χ1) is 14.0. The number of aromatic nitrogens is 2. The molecule has 0 bridgehead atoms. The van der Waals surface area contributed by atoms with E-state index in [1.54, 1.807) is 0 Å². The second kappa shape index (κ2) is 7.97. The Kier molecular flexibility index (Phi) is 5.22. The molecule has 4 aromatic rings. The van der Waals surface area contributed by atoms with Gasteiger partial charge in [0.1, 0.15) is 10.6 Å². The van der Waals surface area contributed by atoms with Crippen molar-refractivity contribution in [3.05, 3.63) is 82.0 Å². The Morgan fingerprint density at radius 3 is 2.59 bits per heavy atom. The van der Waals surface area contributed by atoms with Gasteiger partial charge < -0.3 is 5.32 Å². The molecule has 0 fully saturated rings. The third-order valence-corrected chi connectivity index (χ3v) is 5.52. The van der Waals surface area contributed by atoms with Gasteiger partial charge in [-0.3, -0.25) is 14.2 Å². The molecule has 0 aliphatic carbocycles. The van der Waals surface area contributed by atoms with E-state index in [0.717, 1.165) is 16.7 Å². The molecule has 2 heterocycles. The molecule has 7 heteroatoms. The lowest BCUT2D eigenvalue weighted by Gasteiger charge is -2.08. The summed E-state index contributed by atoms with van der Waals surface area (Å²) < 4.78 is 14.4. The van der Waals surface area contributed by atoms with Gasteiger partial charge in [-0.1, -0.05) is 29.8 Å². The fraction of sp³-hybridized carbons (Fsp3) is 0.136. The van der Waals surface area contributed by atoms with Crippen LogP contribution < -0.4 is 10.9 Å². The lowest BCUT2D eigenvalue weighted by molar-refractivity contribution is -0.116. The van der Waals surface area contributed by atoms with Crippen molar-refractivity contribution in [2.75, 3.05) is 5.32 Å². The molecule has 1 amide bonds. The second-order valence-corrected chi connectivity index (χ2v) is 7.60. The van der Waals surface area contributed by atoms with Crippen LogP contribution in [0.3, 0.4) is 0 Å². The van der Waals surface area contributed by atoms with Crippen LogP contribution in [-0.4, -0.2) is 15.5 Å². The van der Waals surface area contributed by atoms with Crippen molar-refractivity contribution >= 4 is 33.1 Å². The normalized spacial score (nSPS) is 11.0. The summed E-state index contributed by atoms with van der Waals surface area (Å²) >= 11 is 1.43. The average Bonchev–Trinajstić information content (AvgIpc) is 3.15. The number of rotatable bonds is 5. The van der Waals surface area contributed by atoms with Gasteiger partial charge in [0, 0.05) is 29.6 Å². The van der Waals surface area contributed by atoms with Crippen molar-refractivity contribution in [3.8, 4) is 11.1 Å². The Hall–Kier alpha value is -3.32. The molecule has 0 aliphatic rings. The zero-order valence-corrected chi connectivity index (χ0v) is 16.5. The second-order valence-electron chi connectivity index (χ2n) is 6.74. The van der Waals surface area contributed by atoms with E-state index in [-0.39, 0.29) is 30.2 Å². The molecule has 0 atom stereocenters. The number of hydrogen-bond donors (Lipinski definition) is 1. The fourth-order valence-corrected chi connectivity index (χ4v) is 3.96. The molecule has 0 unspecified atom stereocenters. The summed E-state index contributed by atoms with van der Waals surface area (Å²) in [6.07, 6.45) is 1.58. The molecule has 0 aliphatic heterocycles. The number of nitrogens with zero attached hydrogens (tertiary/aromatic N) is 2. The molecule has 146 valence electrons. The number of carbonyl (C=O) groups is 1. The van der Waals surface area contributed by atoms with Gasteiger partial charge in [0.25, 0.3) is 5.56 Å². The van der Waals surface area contributed by atoms with E-state index in [2.05, 4.69) is 10.3 Å². The first kappa shape index (κ1) is 19.0. The number of nitrogens with one attached hydrogen (secondary N) is 1. The highest BCUT2D eigenvalue weighted by atomic mass is 32.1. The molecular weight excluding hydrogens is 389 g/mol. The van der Waals surface area contributed by atoms with Gasteiger partial charge in [-0.25, -0.2) is 9.37 Å². The third-order valence-electron chi connectivity index (χ3n) is 4.63. The number of anilines is 1. The van der Waals surface area contributed by atoms with Crippen LogP contribution >= 0.6 is 11.3 Å². The Morgan fingerprint density at radius 2 is 1.86 bits per heavy atom. The van der Waals surface area contributed by atoms with E-state index < -0.39 is 0 Å². The highest BCUT2D eigenvalue weighted by Gasteiger charge is 2.14. The molecule has 0 saturated heterocycles. The summed E-state index contributed by atoms with van der Waals surface area (Å²) in [5, 5.41) is 5.20. The van der Waals surface area contributed by atoms with Crippen molar-refractivity contribution in [3.63, 3.8) is 0 Å². The van der Waals surface area contributed by atoms with E-state index in [0.29, 0.717) is 15.9 Å². The first-order valence-electron chi connectivity index (χ1n) is 9.10. The van der Waals surface area contributed by atoms with Crippen LogP contribution in [0.25, 0.3) is 21.3 Å². The Labute approximate surface area is 170 Å². The monoisotopic (exact) mass is 407 g/mol. The largest absolute Gasteiger partial charge is 0.326 e. The summed E-state index contributed by atoms with van der Waals surface area (Å²) in [7, 11) is 0. The lowest BCUT2D eigenvalue weighted by Crippen LogP contribution is -2.23. The number of aryl methyl sites for hydroxylation is 2. The van der Waals surface area contributed by atoms with E-state index in [9.17, 15) is 14.0 Å². The van der Waals surface area contributed by atoms with Crippen LogP contribution in [0.15, 0.2) is 65.0 Å². The van der Waals surface area contributed by atoms with Gasteiger partial charge in [0.15, 0.2) is 0 Å². The zero-order valence-electron chi connectivity index (χ0n) is 15.7. The lowest BCUT2D eigenvalue weighted by atomic mass is 10.1. The predicted octanol–water partition coefficient (Wildman–Crippen LogP) is 4.60. The van der Waals surface area contributed by atoms with Gasteiger partial charge in [0.05, 0.1) is 11.7 Å². The molecule has 1 N–H and O–H groups in total. The minimum atomic E-state index is -0.367. The van der Waals surface area contributed by atoms with Gasteiger partial charge in [0.2, 0.25) is 5.91 Å². The van der Waals surface area contributed by atoms with Crippen molar-refractivity contribution < 1.29 is 9.18 Å². The fourth-order valence-electron chi connectivity index (χ4n) is 3.05. The predicted molar refractivity (Wildman–Crippen MR) is 114 cm³/mol. The third kappa shape index (κ3) is 4.09. The van der Waals surface area contributed by atoms with Crippen molar-refractivity contribution in [1.82, 2.24) is 9.55 Å². The smallest absolute Gasteiger partial charge is 0.262 e. The molecule has 5 nitrogen and oxygen atoms in total. The van der Waals surface area contributed by atoms with Crippen molar-refractivity contribution in [2.45, 2.75) is 19.9 Å². The highest BCUT2D eigenvalue weighted by molar-refractivity contribution is 7.17. The van der Waals surface area contributed by atoms with Gasteiger partial charge in [-0.15, -0.1) is 11.3 Å². The number of carbonyl (C=O) groups excluding carboxylic acids is 1. The minimum absolute atomic E-state index is 0.106. The Bertz CT molecular complexity index is 1230. The van der Waals surface area contributed by atoms with E-state index in [1.807, 2.05) is 36.6 Å². The minimum Gasteiger partial charge on any atom is -0.326 e. The molecule has 0 spiro atoms. The van der Waals surface area contributed by atoms with E-state index >= 15 is 0 Å². The van der Waals surface area contributed by atoms with Crippen molar-refractivity contribution in [2.24, 2.45) is 0 Å². The summed E-state index contributed by atoms with van der Waals surface area (Å²) in [5.41, 5.74) is 3.31. The van der Waals surface area contributed by atoms with E-state index in [1.165, 1.54) is 46.5 Å². The maximum atomic E-state index is 13.0. The first-order valence-corrected chi connectivity index (χ1v) is 9.98. The average molecular weight is 407 g/mol. The number of hydrogen-bond acceptors (Lipinski definition) is 4. The standard InChI is InChI=1S/C22H18FN3O2S/c1-14-2-4-15(5-3-14)18-12-29-21-20(18)22(28)26(13-24-21)11-10-19(27)25-17-8-6-16(23)7-9-17/h2-9,12-13H,10-11H2,1H3,(H,25,27). The van der Waals surface area contributed by atoms with Crippen LogP contribution in [0, 0.1) is 12.7 Å². The van der Waals surface area contributed by atoms with Gasteiger partial charge in [-0.05, 0) is 36.8 Å². The topological polar surface area (TPSA) is 64.0 Å². The summed E-state index contributed by atoms with van der Waals surface area (Å²) in [6, 6.07) is 13.5. The van der Waals surface area contributed by atoms with Crippen LogP contribution in [0.2, 0.25) is 0 Å². The summed E-state index contributed by atoms with van der Waals surface area (Å²) in [6.45, 7) is 2.22. The van der Waals surface area contributed by atoms with Gasteiger partial charge in [-0.2, -0.15) is 0 Å². The molecule has 0 saturated carbocycles. The number of fused-ring (bicyclic) bond motifs is 1. The maximum Gasteiger partial charge on any atom is 0.262 e. The molecule has 29 heavy (non-hydrogen) atoms. The highest BCUT2D eigenvalue weighted by Crippen LogP contribution is 2.30. The molecular formula is C22H18FN3O2S. The molecule has 2 aromatic heterocycles. The van der Waals surface area contributed by atoms with Crippen LogP contribution in [0.1, 0.15) is 12.0 Å². The van der Waals surface area contributed by atoms with Crippen LogP contribution in [-0.2, 0) is 11.3 Å². The zero-order chi connectivity index (χ0) is 20.4. The van der Waals surface area contributed by atoms with Gasteiger partial charge >= 0.3 is 0 Å². The number of benzene rings is 2. The van der Waals surface area contributed by atoms with Crippen molar-refractivity contribution in [1.29, 1.82) is 0 Å². The number of halogens is 1. The summed E-state index contributed by atoms with van der Waals surface area (Å²) in [4.78, 5) is 30.3. The number of amides is 1. The summed E-state index contributed by atoms with van der Waals surface area (Å²) in [5.74, 6) is -0.623. The SMILES string of the molecule is Cc1ccc(-c2csc3ncn(CCC(=O)Nc4ccc(F)cc4)c(=O)c23)cc1. The van der Waals surface area contributed by atoms with E-state index in [4.69, 9.17) is 0 Å². The van der Waals surface area contributed by atoms with Crippen LogP contribution in [0.5, 0.6) is 0 Å². The Morgan fingerprint density at radius 1 is 1.14 bits per heavy atom. The quantitative estimate of drug-likeness (QED) is 0.526. The Balaban J connectivity index is 1.55. The van der Waals surface area contributed by atoms with Crippen LogP contribution in [0.4, 0.5) is 10.1 Å². The molecule has 2 aromatic carbocycles. The maximum absolute atomic E-state index is 13.0. The number of thiophene rings is 1. The molecule has 0 radical (unpaired) electrons. The molecule has 4 rings (SSSR count).